The van der Waals surface area contributed by atoms with Crippen molar-refractivity contribution in [3.63, 3.8) is 0 Å². The Kier molecular flexibility index (Phi) is 5.87. The third-order valence-corrected chi connectivity index (χ3v) is 5.57. The molecule has 7 nitrogen and oxygen atoms in total. The second-order valence-corrected chi connectivity index (χ2v) is 8.29. The molecule has 0 bridgehead atoms. The van der Waals surface area contributed by atoms with Crippen LogP contribution in [-0.2, 0) is 13.3 Å². The largest absolute Gasteiger partial charge is 0.471 e. The summed E-state index contributed by atoms with van der Waals surface area (Å²) in [6.07, 6.45) is 6.67. The molecular weight excluding hydrogens is 422 g/mol. The first-order chi connectivity index (χ1) is 14.5. The van der Waals surface area contributed by atoms with Gasteiger partial charge in [-0.05, 0) is 42.5 Å². The Hall–Kier alpha value is -3.10. The fraction of sp³-hybridized carbons (Fsp3) is 0.190. The minimum absolute atomic E-state index is 0.181. The smallest absolute Gasteiger partial charge is 0.265 e. The van der Waals surface area contributed by atoms with Gasteiger partial charge < -0.3 is 10.1 Å². The van der Waals surface area contributed by atoms with Gasteiger partial charge in [-0.2, -0.15) is 10.2 Å². The zero-order chi connectivity index (χ0) is 21.1. The number of nitrogens with one attached hydrogen (secondary N) is 1. The topological polar surface area (TPSA) is 74.0 Å². The molecule has 0 saturated heterocycles. The predicted molar refractivity (Wildman–Crippen MR) is 117 cm³/mol. The lowest BCUT2D eigenvalue weighted by atomic mass is 10.1. The van der Waals surface area contributed by atoms with E-state index in [-0.39, 0.29) is 12.6 Å². The molecule has 3 heterocycles. The highest BCUT2D eigenvalue weighted by Crippen LogP contribution is 2.20. The van der Waals surface area contributed by atoms with Gasteiger partial charge in [0.25, 0.3) is 5.91 Å². The van der Waals surface area contributed by atoms with Crippen LogP contribution in [0.15, 0.2) is 54.4 Å². The maximum Gasteiger partial charge on any atom is 0.265 e. The monoisotopic (exact) mass is 441 g/mol. The highest BCUT2D eigenvalue weighted by atomic mass is 35.5. The Morgan fingerprint density at radius 2 is 2.00 bits per heavy atom. The molecule has 4 rings (SSSR count). The summed E-state index contributed by atoms with van der Waals surface area (Å²) in [6.45, 7) is 4.87. The average molecular weight is 442 g/mol. The second-order valence-electron chi connectivity index (χ2n) is 6.94. The Balaban J connectivity index is 1.33. The van der Waals surface area contributed by atoms with E-state index in [9.17, 15) is 4.79 Å². The molecular formula is C21H20ClN5O2S. The van der Waals surface area contributed by atoms with Crippen LogP contribution >= 0.6 is 22.9 Å². The molecule has 154 valence electrons. The van der Waals surface area contributed by atoms with Crippen molar-refractivity contribution in [1.82, 2.24) is 19.6 Å². The number of carbonyl (C=O) groups is 1. The maximum atomic E-state index is 12.5. The van der Waals surface area contributed by atoms with Crippen LogP contribution in [0.1, 0.15) is 26.4 Å². The molecule has 0 aliphatic heterocycles. The van der Waals surface area contributed by atoms with Crippen LogP contribution in [-0.4, -0.2) is 25.5 Å². The van der Waals surface area contributed by atoms with Gasteiger partial charge in [0.2, 0.25) is 0 Å². The molecule has 9 heteroatoms. The van der Waals surface area contributed by atoms with Crippen molar-refractivity contribution in [3.8, 4) is 5.75 Å². The fourth-order valence-electron chi connectivity index (χ4n) is 2.98. The number of aryl methyl sites for hydroxylation is 2. The van der Waals surface area contributed by atoms with E-state index >= 15 is 0 Å². The zero-order valence-corrected chi connectivity index (χ0v) is 18.1. The molecule has 0 aliphatic carbocycles. The zero-order valence-electron chi connectivity index (χ0n) is 16.5. The van der Waals surface area contributed by atoms with Crippen molar-refractivity contribution in [3.05, 3.63) is 81.0 Å². The Bertz CT molecular complexity index is 1180. The molecule has 0 fully saturated rings. The standard InChI is InChI=1S/C21H20ClN5O2S/c1-14-3-4-19(15(2)5-14)29-13-27-11-18(8-24-27)25-21(28)20-6-16(12-30-20)9-26-10-17(22)7-23-26/h3-8,10-12H,9,13H2,1-2H3,(H,25,28). The second kappa shape index (κ2) is 8.73. The number of benzene rings is 1. The number of thiophene rings is 1. The number of hydrogen-bond acceptors (Lipinski definition) is 5. The summed E-state index contributed by atoms with van der Waals surface area (Å²) in [5, 5.41) is 13.8. The van der Waals surface area contributed by atoms with Crippen LogP contribution < -0.4 is 10.1 Å². The Labute approximate surface area is 182 Å². The van der Waals surface area contributed by atoms with Gasteiger partial charge in [0.05, 0.1) is 40.7 Å². The van der Waals surface area contributed by atoms with E-state index in [1.54, 1.807) is 34.2 Å². The number of rotatable bonds is 7. The van der Waals surface area contributed by atoms with Crippen molar-refractivity contribution >= 4 is 34.5 Å². The summed E-state index contributed by atoms with van der Waals surface area (Å²) >= 11 is 7.27. The van der Waals surface area contributed by atoms with Gasteiger partial charge in [0.1, 0.15) is 5.75 Å². The van der Waals surface area contributed by atoms with Crippen LogP contribution in [0.3, 0.4) is 0 Å². The first kappa shape index (κ1) is 20.2. The summed E-state index contributed by atoms with van der Waals surface area (Å²) < 4.78 is 9.18. The van der Waals surface area contributed by atoms with E-state index in [2.05, 4.69) is 21.6 Å². The van der Waals surface area contributed by atoms with Crippen LogP contribution in [0.5, 0.6) is 5.75 Å². The number of carbonyl (C=O) groups excluding carboxylic acids is 1. The molecule has 1 aromatic carbocycles. The van der Waals surface area contributed by atoms with Crippen molar-refractivity contribution < 1.29 is 9.53 Å². The van der Waals surface area contributed by atoms with E-state index in [1.165, 1.54) is 16.9 Å². The molecule has 0 atom stereocenters. The summed E-state index contributed by atoms with van der Waals surface area (Å²) in [5.41, 5.74) is 3.86. The minimum atomic E-state index is -0.181. The Morgan fingerprint density at radius 1 is 1.17 bits per heavy atom. The third kappa shape index (κ3) is 4.90. The van der Waals surface area contributed by atoms with Crippen molar-refractivity contribution in [2.75, 3.05) is 5.32 Å². The van der Waals surface area contributed by atoms with Gasteiger partial charge in [0.15, 0.2) is 6.73 Å². The highest BCUT2D eigenvalue weighted by molar-refractivity contribution is 7.12. The molecule has 0 spiro atoms. The van der Waals surface area contributed by atoms with E-state index in [0.717, 1.165) is 16.9 Å². The normalized spacial score (nSPS) is 10.9. The number of hydrogen-bond donors (Lipinski definition) is 1. The van der Waals surface area contributed by atoms with Crippen LogP contribution in [0.25, 0.3) is 0 Å². The van der Waals surface area contributed by atoms with Gasteiger partial charge >= 0.3 is 0 Å². The van der Waals surface area contributed by atoms with Crippen molar-refractivity contribution in [1.29, 1.82) is 0 Å². The molecule has 3 aromatic heterocycles. The summed E-state index contributed by atoms with van der Waals surface area (Å²) in [6, 6.07) is 7.87. The van der Waals surface area contributed by atoms with Gasteiger partial charge in [-0.1, -0.05) is 29.3 Å². The third-order valence-electron chi connectivity index (χ3n) is 4.40. The van der Waals surface area contributed by atoms with Gasteiger partial charge in [-0.15, -0.1) is 11.3 Å². The fourth-order valence-corrected chi connectivity index (χ4v) is 3.93. The number of amides is 1. The van der Waals surface area contributed by atoms with Gasteiger partial charge in [-0.3, -0.25) is 9.48 Å². The molecule has 30 heavy (non-hydrogen) atoms. The van der Waals surface area contributed by atoms with E-state index in [1.807, 2.05) is 37.4 Å². The Morgan fingerprint density at radius 3 is 2.77 bits per heavy atom. The molecule has 0 saturated carbocycles. The van der Waals surface area contributed by atoms with Crippen LogP contribution in [0.4, 0.5) is 5.69 Å². The average Bonchev–Trinajstić information content (AvgIpc) is 3.43. The predicted octanol–water partition coefficient (Wildman–Crippen LogP) is 4.75. The summed E-state index contributed by atoms with van der Waals surface area (Å²) in [7, 11) is 0. The number of anilines is 1. The van der Waals surface area contributed by atoms with Crippen molar-refractivity contribution in [2.24, 2.45) is 0 Å². The SMILES string of the molecule is Cc1ccc(OCn2cc(NC(=O)c3cc(Cn4cc(Cl)cn4)cs3)cn2)c(C)c1. The number of nitrogens with zero attached hydrogens (tertiary/aromatic N) is 4. The molecule has 4 aromatic rings. The van der Waals surface area contributed by atoms with E-state index in [4.69, 9.17) is 16.3 Å². The maximum absolute atomic E-state index is 12.5. The first-order valence-corrected chi connectivity index (χ1v) is 10.5. The first-order valence-electron chi connectivity index (χ1n) is 9.25. The lowest BCUT2D eigenvalue weighted by molar-refractivity contribution is 0.103. The van der Waals surface area contributed by atoms with E-state index in [0.29, 0.717) is 22.1 Å². The minimum Gasteiger partial charge on any atom is -0.471 e. The molecule has 1 amide bonds. The van der Waals surface area contributed by atoms with Crippen LogP contribution in [0.2, 0.25) is 5.02 Å². The van der Waals surface area contributed by atoms with Crippen LogP contribution in [0, 0.1) is 13.8 Å². The van der Waals surface area contributed by atoms with E-state index < -0.39 is 0 Å². The lowest BCUT2D eigenvalue weighted by Crippen LogP contribution is -2.10. The quantitative estimate of drug-likeness (QED) is 0.449. The van der Waals surface area contributed by atoms with Gasteiger partial charge in [-0.25, -0.2) is 4.68 Å². The number of halogens is 1. The molecule has 0 unspecified atom stereocenters. The number of aromatic nitrogens is 4. The highest BCUT2D eigenvalue weighted by Gasteiger charge is 2.12. The summed E-state index contributed by atoms with van der Waals surface area (Å²) in [4.78, 5) is 13.2. The molecule has 0 aliphatic rings. The molecule has 0 radical (unpaired) electrons. The molecule has 1 N–H and O–H groups in total. The van der Waals surface area contributed by atoms with Gasteiger partial charge in [0, 0.05) is 6.20 Å². The van der Waals surface area contributed by atoms with Crippen molar-refractivity contribution in [2.45, 2.75) is 27.1 Å². The lowest BCUT2D eigenvalue weighted by Gasteiger charge is -2.09. The summed E-state index contributed by atoms with van der Waals surface area (Å²) in [5.74, 6) is 0.630. The number of ether oxygens (including phenoxy) is 1.